The van der Waals surface area contributed by atoms with Gasteiger partial charge in [-0.3, -0.25) is 14.3 Å². The van der Waals surface area contributed by atoms with Crippen LogP contribution in [-0.2, 0) is 11.3 Å². The van der Waals surface area contributed by atoms with Crippen LogP contribution >= 0.6 is 0 Å². The van der Waals surface area contributed by atoms with Crippen LogP contribution in [0.5, 0.6) is 0 Å². The fraction of sp³-hybridized carbons (Fsp3) is 0.522. The monoisotopic (exact) mass is 428 g/mol. The first-order chi connectivity index (χ1) is 14.6. The van der Waals surface area contributed by atoms with Crippen LogP contribution in [0.4, 0.5) is 4.39 Å². The largest absolute Gasteiger partial charge is 0.396 e. The summed E-state index contributed by atoms with van der Waals surface area (Å²) in [5.41, 5.74) is 0.693. The Morgan fingerprint density at radius 3 is 2.42 bits per heavy atom. The lowest BCUT2D eigenvalue weighted by Gasteiger charge is -2.52. The minimum atomic E-state index is -0.441. The van der Waals surface area contributed by atoms with Gasteiger partial charge in [0, 0.05) is 55.7 Å². The first kappa shape index (κ1) is 21.5. The maximum atomic E-state index is 13.1. The molecule has 8 heteroatoms. The summed E-state index contributed by atoms with van der Waals surface area (Å²) in [6, 6.07) is 6.18. The van der Waals surface area contributed by atoms with Gasteiger partial charge in [-0.2, -0.15) is 5.10 Å². The van der Waals surface area contributed by atoms with E-state index in [2.05, 4.69) is 5.10 Å². The van der Waals surface area contributed by atoms with Crippen molar-refractivity contribution >= 4 is 11.8 Å². The Kier molecular flexibility index (Phi) is 5.37. The van der Waals surface area contributed by atoms with Crippen molar-refractivity contribution in [3.05, 3.63) is 53.6 Å². The average Bonchev–Trinajstić information content (AvgIpc) is 3.31. The molecule has 1 aromatic carbocycles. The number of carbonyl (C=O) groups excluding carboxylic acids is 2. The third-order valence-electron chi connectivity index (χ3n) is 6.40. The Bertz CT molecular complexity index is 973. The van der Waals surface area contributed by atoms with E-state index in [1.54, 1.807) is 34.1 Å². The van der Waals surface area contributed by atoms with Crippen molar-refractivity contribution in [2.24, 2.45) is 16.7 Å². The summed E-state index contributed by atoms with van der Waals surface area (Å²) >= 11 is 0. The van der Waals surface area contributed by atoms with E-state index in [1.807, 2.05) is 25.7 Å². The Labute approximate surface area is 181 Å². The normalized spacial score (nSPS) is 20.2. The molecule has 0 bridgehead atoms. The summed E-state index contributed by atoms with van der Waals surface area (Å²) in [7, 11) is 0. The minimum absolute atomic E-state index is 0.00877. The third kappa shape index (κ3) is 4.08. The van der Waals surface area contributed by atoms with Gasteiger partial charge in [0.05, 0.1) is 18.3 Å². The maximum absolute atomic E-state index is 13.1. The molecule has 166 valence electrons. The van der Waals surface area contributed by atoms with E-state index < -0.39 is 5.41 Å². The molecule has 31 heavy (non-hydrogen) atoms. The zero-order valence-corrected chi connectivity index (χ0v) is 18.2. The lowest BCUT2D eigenvalue weighted by atomic mass is 9.71. The van der Waals surface area contributed by atoms with Gasteiger partial charge >= 0.3 is 0 Å². The van der Waals surface area contributed by atoms with Gasteiger partial charge in [0.2, 0.25) is 5.91 Å². The molecule has 2 fully saturated rings. The standard InChI is InChI=1S/C23H29FN4O3/c1-22(2,3)21(31)27-14-23(15-27)13-26(11-18(23)12-29)20(30)17-8-25-28(10-17)9-16-4-6-19(24)7-5-16/h4-8,10,18,29H,9,11-15H2,1-3H3. The quantitative estimate of drug-likeness (QED) is 0.808. The molecule has 0 radical (unpaired) electrons. The van der Waals surface area contributed by atoms with Gasteiger partial charge in [-0.05, 0) is 17.7 Å². The predicted molar refractivity (Wildman–Crippen MR) is 113 cm³/mol. The van der Waals surface area contributed by atoms with Crippen molar-refractivity contribution in [2.75, 3.05) is 32.8 Å². The van der Waals surface area contributed by atoms with Crippen LogP contribution in [0.3, 0.4) is 0 Å². The van der Waals surface area contributed by atoms with Crippen molar-refractivity contribution in [1.29, 1.82) is 0 Å². The zero-order chi connectivity index (χ0) is 22.4. The Balaban J connectivity index is 1.41. The minimum Gasteiger partial charge on any atom is -0.396 e. The molecule has 7 nitrogen and oxygen atoms in total. The summed E-state index contributed by atoms with van der Waals surface area (Å²) in [5, 5.41) is 14.2. The molecule has 4 rings (SSSR count). The van der Waals surface area contributed by atoms with Gasteiger partial charge in [0.25, 0.3) is 5.91 Å². The van der Waals surface area contributed by atoms with E-state index in [-0.39, 0.29) is 35.6 Å². The van der Waals surface area contributed by atoms with Crippen LogP contribution in [-0.4, -0.2) is 69.3 Å². The van der Waals surface area contributed by atoms with Gasteiger partial charge < -0.3 is 14.9 Å². The summed E-state index contributed by atoms with van der Waals surface area (Å²) in [4.78, 5) is 29.2. The number of likely N-dealkylation sites (tertiary alicyclic amines) is 2. The molecule has 2 aliphatic heterocycles. The van der Waals surface area contributed by atoms with E-state index in [0.717, 1.165) is 5.56 Å². The summed E-state index contributed by atoms with van der Waals surface area (Å²) in [6.45, 7) is 8.27. The highest BCUT2D eigenvalue weighted by Gasteiger charge is 2.56. The number of benzene rings is 1. The number of amides is 2. The van der Waals surface area contributed by atoms with Crippen molar-refractivity contribution in [3.8, 4) is 0 Å². The van der Waals surface area contributed by atoms with E-state index in [4.69, 9.17) is 0 Å². The molecule has 0 saturated carbocycles. The molecule has 2 aromatic rings. The van der Waals surface area contributed by atoms with Crippen LogP contribution in [0.1, 0.15) is 36.7 Å². The number of hydrogen-bond acceptors (Lipinski definition) is 4. The third-order valence-corrected chi connectivity index (χ3v) is 6.40. The van der Waals surface area contributed by atoms with E-state index in [0.29, 0.717) is 38.3 Å². The molecular weight excluding hydrogens is 399 g/mol. The number of aliphatic hydroxyl groups excluding tert-OH is 1. The first-order valence-corrected chi connectivity index (χ1v) is 10.6. The molecule has 1 aromatic heterocycles. The molecule has 3 heterocycles. The molecule has 0 aliphatic carbocycles. The second-order valence-electron chi connectivity index (χ2n) is 9.89. The van der Waals surface area contributed by atoms with Crippen LogP contribution < -0.4 is 0 Å². The second kappa shape index (κ2) is 7.75. The van der Waals surface area contributed by atoms with E-state index in [1.165, 1.54) is 12.1 Å². The number of carbonyl (C=O) groups is 2. The number of halogens is 1. The fourth-order valence-corrected chi connectivity index (χ4v) is 4.65. The van der Waals surface area contributed by atoms with Gasteiger partial charge in [-0.25, -0.2) is 4.39 Å². The molecular formula is C23H29FN4O3. The fourth-order valence-electron chi connectivity index (χ4n) is 4.65. The number of aliphatic hydroxyl groups is 1. The lowest BCUT2D eigenvalue weighted by molar-refractivity contribution is -0.154. The van der Waals surface area contributed by atoms with Crippen molar-refractivity contribution in [3.63, 3.8) is 0 Å². The van der Waals surface area contributed by atoms with Crippen molar-refractivity contribution in [1.82, 2.24) is 19.6 Å². The van der Waals surface area contributed by atoms with Crippen LogP contribution in [0.25, 0.3) is 0 Å². The number of hydrogen-bond donors (Lipinski definition) is 1. The number of aromatic nitrogens is 2. The van der Waals surface area contributed by atoms with Gasteiger partial charge in [-0.1, -0.05) is 32.9 Å². The highest BCUT2D eigenvalue weighted by atomic mass is 19.1. The maximum Gasteiger partial charge on any atom is 0.257 e. The highest BCUT2D eigenvalue weighted by molar-refractivity contribution is 5.94. The van der Waals surface area contributed by atoms with Crippen LogP contribution in [0, 0.1) is 22.6 Å². The van der Waals surface area contributed by atoms with E-state index >= 15 is 0 Å². The van der Waals surface area contributed by atoms with Crippen molar-refractivity contribution < 1.29 is 19.1 Å². The predicted octanol–water partition coefficient (Wildman–Crippen LogP) is 2.01. The Morgan fingerprint density at radius 1 is 1.16 bits per heavy atom. The molecule has 1 unspecified atom stereocenters. The molecule has 2 aliphatic rings. The SMILES string of the molecule is CC(C)(C)C(=O)N1CC2(CN(C(=O)c3cnn(Cc4ccc(F)cc4)c3)CC2CO)C1. The zero-order valence-electron chi connectivity index (χ0n) is 18.2. The smallest absolute Gasteiger partial charge is 0.257 e. The number of nitrogens with zero attached hydrogens (tertiary/aromatic N) is 4. The van der Waals surface area contributed by atoms with Crippen molar-refractivity contribution in [2.45, 2.75) is 27.3 Å². The first-order valence-electron chi connectivity index (χ1n) is 10.6. The molecule has 2 amide bonds. The van der Waals surface area contributed by atoms with Crippen LogP contribution in [0.2, 0.25) is 0 Å². The summed E-state index contributed by atoms with van der Waals surface area (Å²) in [5.74, 6) is -0.363. The molecule has 1 spiro atoms. The highest BCUT2D eigenvalue weighted by Crippen LogP contribution is 2.45. The number of rotatable bonds is 4. The summed E-state index contributed by atoms with van der Waals surface area (Å²) < 4.78 is 14.7. The molecule has 2 saturated heterocycles. The summed E-state index contributed by atoms with van der Waals surface area (Å²) in [6.07, 6.45) is 3.24. The van der Waals surface area contributed by atoms with Gasteiger partial charge in [0.1, 0.15) is 5.82 Å². The Hall–Kier alpha value is -2.74. The average molecular weight is 429 g/mol. The van der Waals surface area contributed by atoms with Crippen LogP contribution in [0.15, 0.2) is 36.7 Å². The topological polar surface area (TPSA) is 78.7 Å². The van der Waals surface area contributed by atoms with Gasteiger partial charge in [-0.15, -0.1) is 0 Å². The Morgan fingerprint density at radius 2 is 1.81 bits per heavy atom. The molecule has 1 atom stereocenters. The lowest BCUT2D eigenvalue weighted by Crippen LogP contribution is -2.64. The molecule has 1 N–H and O–H groups in total. The van der Waals surface area contributed by atoms with Gasteiger partial charge in [0.15, 0.2) is 0 Å². The second-order valence-corrected chi connectivity index (χ2v) is 9.89. The van der Waals surface area contributed by atoms with E-state index in [9.17, 15) is 19.1 Å².